The van der Waals surface area contributed by atoms with Gasteiger partial charge >= 0.3 is 0 Å². The molecule has 3 rings (SSSR count). The van der Waals surface area contributed by atoms with Crippen molar-refractivity contribution in [3.63, 3.8) is 0 Å². The predicted molar refractivity (Wildman–Crippen MR) is 90.1 cm³/mol. The van der Waals surface area contributed by atoms with Crippen molar-refractivity contribution in [2.75, 3.05) is 26.3 Å². The molecule has 0 saturated carbocycles. The lowest BCUT2D eigenvalue weighted by molar-refractivity contribution is 0.0342. The Labute approximate surface area is 145 Å². The van der Waals surface area contributed by atoms with E-state index in [4.69, 9.17) is 4.74 Å². The average Bonchev–Trinajstić information content (AvgIpc) is 2.62. The number of halogens is 2. The molecule has 0 atom stereocenters. The monoisotopic (exact) mass is 346 g/mol. The smallest absolute Gasteiger partial charge is 0.257 e. The van der Waals surface area contributed by atoms with E-state index in [-0.39, 0.29) is 6.54 Å². The first-order chi connectivity index (χ1) is 12.1. The second kappa shape index (κ2) is 8.18. The summed E-state index contributed by atoms with van der Waals surface area (Å²) in [4.78, 5) is 14.3. The maximum Gasteiger partial charge on any atom is 0.257 e. The number of carbonyl (C=O) groups excluding carboxylic acids is 1. The molecule has 1 aliphatic heterocycles. The molecule has 1 N–H and O–H groups in total. The Bertz CT molecular complexity index is 708. The second-order valence-corrected chi connectivity index (χ2v) is 5.98. The fraction of sp³-hybridized carbons (Fsp3) is 0.316. The summed E-state index contributed by atoms with van der Waals surface area (Å²) in [7, 11) is 0. The molecular formula is C19H20F2N2O2. The predicted octanol–water partition coefficient (Wildman–Crippen LogP) is 2.73. The maximum atomic E-state index is 13.6. The Hall–Kier alpha value is -2.31. The quantitative estimate of drug-likeness (QED) is 0.905. The molecule has 1 saturated heterocycles. The lowest BCUT2D eigenvalue weighted by atomic mass is 10.1. The Morgan fingerprint density at radius 2 is 1.60 bits per heavy atom. The first-order valence-corrected chi connectivity index (χ1v) is 8.23. The van der Waals surface area contributed by atoms with Crippen LogP contribution in [0.5, 0.6) is 0 Å². The van der Waals surface area contributed by atoms with Crippen LogP contribution in [0.15, 0.2) is 42.5 Å². The molecule has 4 nitrogen and oxygen atoms in total. The third-order valence-electron chi connectivity index (χ3n) is 4.18. The molecule has 2 aromatic rings. The summed E-state index contributed by atoms with van der Waals surface area (Å²) in [5, 5.41) is 2.55. The van der Waals surface area contributed by atoms with Gasteiger partial charge in [0.25, 0.3) is 5.91 Å². The summed E-state index contributed by atoms with van der Waals surface area (Å²) in [6.07, 6.45) is 0. The van der Waals surface area contributed by atoms with Gasteiger partial charge in [0, 0.05) is 26.2 Å². The van der Waals surface area contributed by atoms with E-state index in [0.29, 0.717) is 0 Å². The summed E-state index contributed by atoms with van der Waals surface area (Å²) in [5.41, 5.74) is 1.50. The topological polar surface area (TPSA) is 41.6 Å². The molecule has 0 aliphatic carbocycles. The fourth-order valence-electron chi connectivity index (χ4n) is 2.77. The van der Waals surface area contributed by atoms with Crippen LogP contribution in [0, 0.1) is 11.6 Å². The minimum absolute atomic E-state index is 0.213. The summed E-state index contributed by atoms with van der Waals surface area (Å²) in [5.74, 6) is -2.48. The Balaban J connectivity index is 1.55. The summed E-state index contributed by atoms with van der Waals surface area (Å²) in [6, 6.07) is 11.2. The van der Waals surface area contributed by atoms with Gasteiger partial charge in [0.15, 0.2) is 0 Å². The van der Waals surface area contributed by atoms with Crippen LogP contribution < -0.4 is 5.32 Å². The van der Waals surface area contributed by atoms with Gasteiger partial charge in [0.2, 0.25) is 0 Å². The van der Waals surface area contributed by atoms with Crippen LogP contribution in [0.1, 0.15) is 21.5 Å². The number of nitrogens with zero attached hydrogens (tertiary/aromatic N) is 1. The van der Waals surface area contributed by atoms with Gasteiger partial charge in [0.1, 0.15) is 17.2 Å². The number of hydrogen-bond acceptors (Lipinski definition) is 3. The van der Waals surface area contributed by atoms with Crippen molar-refractivity contribution in [1.82, 2.24) is 10.2 Å². The molecule has 0 spiro atoms. The Morgan fingerprint density at radius 1 is 1.00 bits per heavy atom. The number of amides is 1. The standard InChI is InChI=1S/C19H20F2N2O2/c20-16-2-1-3-17(21)18(16)19(24)22-12-14-4-6-15(7-5-14)13-23-8-10-25-11-9-23/h1-7H,8-13H2,(H,22,24). The van der Waals surface area contributed by atoms with Gasteiger partial charge in [-0.05, 0) is 23.3 Å². The zero-order chi connectivity index (χ0) is 17.6. The lowest BCUT2D eigenvalue weighted by Gasteiger charge is -2.26. The van der Waals surface area contributed by atoms with Crippen LogP contribution in [0.4, 0.5) is 8.78 Å². The van der Waals surface area contributed by atoms with Gasteiger partial charge in [0.05, 0.1) is 13.2 Å². The van der Waals surface area contributed by atoms with Crippen LogP contribution in [0.3, 0.4) is 0 Å². The van der Waals surface area contributed by atoms with E-state index in [0.717, 1.165) is 50.5 Å². The number of benzene rings is 2. The van der Waals surface area contributed by atoms with E-state index in [2.05, 4.69) is 10.2 Å². The van der Waals surface area contributed by atoms with Gasteiger partial charge < -0.3 is 10.1 Å². The number of morpholine rings is 1. The highest BCUT2D eigenvalue weighted by Gasteiger charge is 2.16. The molecule has 1 aliphatic rings. The number of hydrogen-bond donors (Lipinski definition) is 1. The minimum Gasteiger partial charge on any atom is -0.379 e. The highest BCUT2D eigenvalue weighted by atomic mass is 19.1. The van der Waals surface area contributed by atoms with Crippen LogP contribution >= 0.6 is 0 Å². The maximum absolute atomic E-state index is 13.6. The van der Waals surface area contributed by atoms with Gasteiger partial charge in [-0.3, -0.25) is 9.69 Å². The number of rotatable bonds is 5. The molecule has 6 heteroatoms. The first kappa shape index (κ1) is 17.5. The van der Waals surface area contributed by atoms with Crippen LogP contribution in [-0.4, -0.2) is 37.1 Å². The van der Waals surface area contributed by atoms with E-state index in [1.807, 2.05) is 24.3 Å². The van der Waals surface area contributed by atoms with E-state index < -0.39 is 23.1 Å². The molecule has 132 valence electrons. The lowest BCUT2D eigenvalue weighted by Crippen LogP contribution is -2.35. The largest absolute Gasteiger partial charge is 0.379 e. The van der Waals surface area contributed by atoms with Crippen LogP contribution in [0.2, 0.25) is 0 Å². The normalized spacial score (nSPS) is 15.1. The van der Waals surface area contributed by atoms with Crippen molar-refractivity contribution in [2.45, 2.75) is 13.1 Å². The third kappa shape index (κ3) is 4.61. The first-order valence-electron chi connectivity index (χ1n) is 8.23. The van der Waals surface area contributed by atoms with Crippen LogP contribution in [-0.2, 0) is 17.8 Å². The molecule has 2 aromatic carbocycles. The highest BCUT2D eigenvalue weighted by molar-refractivity contribution is 5.94. The average molecular weight is 346 g/mol. The zero-order valence-corrected chi connectivity index (χ0v) is 13.8. The fourth-order valence-corrected chi connectivity index (χ4v) is 2.77. The number of nitrogens with one attached hydrogen (secondary N) is 1. The molecule has 1 amide bonds. The van der Waals surface area contributed by atoms with E-state index in [9.17, 15) is 13.6 Å². The van der Waals surface area contributed by atoms with Crippen molar-refractivity contribution in [1.29, 1.82) is 0 Å². The summed E-state index contributed by atoms with van der Waals surface area (Å²) >= 11 is 0. The molecule has 0 bridgehead atoms. The van der Waals surface area contributed by atoms with Gasteiger partial charge in [-0.25, -0.2) is 8.78 Å². The third-order valence-corrected chi connectivity index (χ3v) is 4.18. The van der Waals surface area contributed by atoms with Gasteiger partial charge in [-0.1, -0.05) is 30.3 Å². The highest BCUT2D eigenvalue weighted by Crippen LogP contribution is 2.13. The molecule has 0 aromatic heterocycles. The summed E-state index contributed by atoms with van der Waals surface area (Å²) in [6.45, 7) is 4.44. The molecule has 0 radical (unpaired) electrons. The molecular weight excluding hydrogens is 326 g/mol. The van der Waals surface area contributed by atoms with Crippen LogP contribution in [0.25, 0.3) is 0 Å². The SMILES string of the molecule is O=C(NCc1ccc(CN2CCOCC2)cc1)c1c(F)cccc1F. The van der Waals surface area contributed by atoms with Crippen molar-refractivity contribution in [3.05, 3.63) is 70.8 Å². The van der Waals surface area contributed by atoms with Crippen molar-refractivity contribution in [2.24, 2.45) is 0 Å². The number of carbonyl (C=O) groups is 1. The molecule has 25 heavy (non-hydrogen) atoms. The molecule has 0 unspecified atom stereocenters. The Kier molecular flexibility index (Phi) is 5.73. The van der Waals surface area contributed by atoms with E-state index in [1.165, 1.54) is 11.6 Å². The van der Waals surface area contributed by atoms with E-state index >= 15 is 0 Å². The van der Waals surface area contributed by atoms with Crippen molar-refractivity contribution < 1.29 is 18.3 Å². The van der Waals surface area contributed by atoms with E-state index in [1.54, 1.807) is 0 Å². The van der Waals surface area contributed by atoms with Crippen molar-refractivity contribution >= 4 is 5.91 Å². The molecule has 1 heterocycles. The minimum atomic E-state index is -0.863. The van der Waals surface area contributed by atoms with Gasteiger partial charge in [-0.15, -0.1) is 0 Å². The Morgan fingerprint density at radius 3 is 2.24 bits per heavy atom. The number of ether oxygens (including phenoxy) is 1. The second-order valence-electron chi connectivity index (χ2n) is 5.98. The molecule has 1 fully saturated rings. The zero-order valence-electron chi connectivity index (χ0n) is 13.8. The van der Waals surface area contributed by atoms with Crippen molar-refractivity contribution in [3.8, 4) is 0 Å². The summed E-state index contributed by atoms with van der Waals surface area (Å²) < 4.78 is 32.5. The van der Waals surface area contributed by atoms with Gasteiger partial charge in [-0.2, -0.15) is 0 Å².